The Morgan fingerprint density at radius 2 is 0.446 bits per heavy atom. The first kappa shape index (κ1) is 80.4. The third-order valence-corrected chi connectivity index (χ3v) is 16.8. The van der Waals surface area contributed by atoms with Gasteiger partial charge in [0.2, 0.25) is 0 Å². The van der Waals surface area contributed by atoms with Crippen LogP contribution in [-0.2, 0) is 28.6 Å². The molecule has 0 N–H and O–H groups in total. The number of hydrogen-bond donors (Lipinski definition) is 0. The van der Waals surface area contributed by atoms with Crippen LogP contribution in [0.25, 0.3) is 0 Å². The first-order valence-corrected chi connectivity index (χ1v) is 37.1. The molecule has 1 atom stereocenters. The number of rotatable bonds is 69. The molecule has 1 unspecified atom stereocenters. The van der Waals surface area contributed by atoms with E-state index in [4.69, 9.17) is 14.2 Å². The van der Waals surface area contributed by atoms with E-state index in [0.29, 0.717) is 19.3 Å². The number of carbonyl (C=O) groups excluding carboxylic acids is 3. The Balaban J connectivity index is 4.20. The van der Waals surface area contributed by atoms with E-state index >= 15 is 0 Å². The monoisotopic (exact) mass is 1160 g/mol. The molecule has 0 radical (unpaired) electrons. The Kier molecular flexibility index (Phi) is 69.6. The SMILES string of the molecule is CCCC/C=C\C/C=C\CCCCCCCC(=O)OCC(COC(=O)CCCCCCCCCCCCCCCCCCCCCCCCCCCCCCCC)OC(=O)CCCCCCCCCCC/C=C\C/C=C\CCCCCCC. The van der Waals surface area contributed by atoms with E-state index < -0.39 is 6.10 Å². The molecule has 0 bridgehead atoms. The van der Waals surface area contributed by atoms with E-state index in [1.165, 1.54) is 283 Å². The highest BCUT2D eigenvalue weighted by Crippen LogP contribution is 2.19. The minimum atomic E-state index is -0.782. The summed E-state index contributed by atoms with van der Waals surface area (Å²) in [4.78, 5) is 38.5. The molecule has 0 aromatic rings. The first-order chi connectivity index (χ1) is 41.0. The van der Waals surface area contributed by atoms with Gasteiger partial charge in [-0.2, -0.15) is 0 Å². The van der Waals surface area contributed by atoms with E-state index in [1.54, 1.807) is 0 Å². The zero-order valence-corrected chi connectivity index (χ0v) is 56.0. The summed E-state index contributed by atoms with van der Waals surface area (Å²) in [7, 11) is 0. The molecule has 486 valence electrons. The van der Waals surface area contributed by atoms with Crippen LogP contribution in [-0.4, -0.2) is 37.2 Å². The maximum absolute atomic E-state index is 13.0. The number of unbranched alkanes of at least 4 members (excludes halogenated alkanes) is 50. The summed E-state index contributed by atoms with van der Waals surface area (Å²) in [5.74, 6) is -0.868. The predicted octanol–water partition coefficient (Wildman–Crippen LogP) is 25.7. The van der Waals surface area contributed by atoms with Gasteiger partial charge in [-0.05, 0) is 77.0 Å². The van der Waals surface area contributed by atoms with Gasteiger partial charge in [0, 0.05) is 19.3 Å². The quantitative estimate of drug-likeness (QED) is 0.0261. The molecule has 6 heteroatoms. The van der Waals surface area contributed by atoms with Crippen molar-refractivity contribution in [2.75, 3.05) is 13.2 Å². The minimum Gasteiger partial charge on any atom is -0.462 e. The molecule has 0 heterocycles. The van der Waals surface area contributed by atoms with Crippen LogP contribution in [0.2, 0.25) is 0 Å². The van der Waals surface area contributed by atoms with Crippen LogP contribution < -0.4 is 0 Å². The van der Waals surface area contributed by atoms with Gasteiger partial charge in [-0.25, -0.2) is 0 Å². The number of carbonyl (C=O) groups is 3. The van der Waals surface area contributed by atoms with E-state index in [0.717, 1.165) is 83.5 Å². The molecule has 0 saturated heterocycles. The highest BCUT2D eigenvalue weighted by Gasteiger charge is 2.19. The van der Waals surface area contributed by atoms with Gasteiger partial charge >= 0.3 is 17.9 Å². The van der Waals surface area contributed by atoms with Crippen molar-refractivity contribution in [3.63, 3.8) is 0 Å². The van der Waals surface area contributed by atoms with Crippen LogP contribution in [0.1, 0.15) is 406 Å². The van der Waals surface area contributed by atoms with Crippen LogP contribution in [0.15, 0.2) is 48.6 Å². The summed E-state index contributed by atoms with van der Waals surface area (Å²) in [6.45, 7) is 6.65. The molecule has 0 fully saturated rings. The first-order valence-electron chi connectivity index (χ1n) is 37.1. The third kappa shape index (κ3) is 70.0. The lowest BCUT2D eigenvalue weighted by molar-refractivity contribution is -0.167. The summed E-state index contributed by atoms with van der Waals surface area (Å²) in [6, 6.07) is 0. The zero-order chi connectivity index (χ0) is 59.9. The van der Waals surface area contributed by atoms with Gasteiger partial charge in [-0.15, -0.1) is 0 Å². The smallest absolute Gasteiger partial charge is 0.306 e. The van der Waals surface area contributed by atoms with Crippen molar-refractivity contribution in [1.29, 1.82) is 0 Å². The number of ether oxygens (including phenoxy) is 3. The second-order valence-corrected chi connectivity index (χ2v) is 25.2. The van der Waals surface area contributed by atoms with Crippen LogP contribution in [0.4, 0.5) is 0 Å². The number of hydrogen-bond acceptors (Lipinski definition) is 6. The van der Waals surface area contributed by atoms with E-state index in [9.17, 15) is 14.4 Å². The highest BCUT2D eigenvalue weighted by molar-refractivity contribution is 5.71. The standard InChI is InChI=1S/C77H142O6/c1-4-7-10-13-16-19-22-25-28-30-32-34-35-36-37-38-39-40-41-42-44-45-47-49-52-55-58-61-64-67-70-76(79)82-73-74(72-81-75(78)69-66-63-60-57-54-51-27-24-21-18-15-12-9-6-3)83-77(80)71-68-65-62-59-56-53-50-48-46-43-33-31-29-26-23-20-17-14-11-8-5-2/h15,18,23-24,26-27,31,33,74H,4-14,16-17,19-22,25,28-30,32,34-73H2,1-3H3/b18-15-,26-23-,27-24-,33-31-. The van der Waals surface area contributed by atoms with Crippen molar-refractivity contribution < 1.29 is 28.6 Å². The molecular formula is C77H142O6. The van der Waals surface area contributed by atoms with Crippen molar-refractivity contribution >= 4 is 17.9 Å². The Labute approximate surface area is 518 Å². The van der Waals surface area contributed by atoms with E-state index in [-0.39, 0.29) is 31.1 Å². The maximum Gasteiger partial charge on any atom is 0.306 e. The summed E-state index contributed by atoms with van der Waals surface area (Å²) < 4.78 is 17.0. The highest BCUT2D eigenvalue weighted by atomic mass is 16.6. The Bertz CT molecular complexity index is 1430. The van der Waals surface area contributed by atoms with Gasteiger partial charge in [0.15, 0.2) is 6.10 Å². The lowest BCUT2D eigenvalue weighted by atomic mass is 10.0. The van der Waals surface area contributed by atoms with E-state index in [1.807, 2.05) is 0 Å². The Hall–Kier alpha value is -2.63. The number of esters is 3. The van der Waals surface area contributed by atoms with Gasteiger partial charge in [0.1, 0.15) is 13.2 Å². The molecule has 0 aromatic heterocycles. The second-order valence-electron chi connectivity index (χ2n) is 25.2. The molecule has 0 saturated carbocycles. The Morgan fingerprint density at radius 1 is 0.241 bits per heavy atom. The zero-order valence-electron chi connectivity index (χ0n) is 56.0. The number of allylic oxidation sites excluding steroid dienone is 8. The van der Waals surface area contributed by atoms with Crippen molar-refractivity contribution in [2.24, 2.45) is 0 Å². The molecule has 0 aliphatic carbocycles. The summed E-state index contributed by atoms with van der Waals surface area (Å²) in [5.41, 5.74) is 0. The topological polar surface area (TPSA) is 78.9 Å². The summed E-state index contributed by atoms with van der Waals surface area (Å²) in [6.07, 6.45) is 91.6. The van der Waals surface area contributed by atoms with Crippen LogP contribution in [0.3, 0.4) is 0 Å². The van der Waals surface area contributed by atoms with Gasteiger partial charge < -0.3 is 14.2 Å². The van der Waals surface area contributed by atoms with Crippen LogP contribution in [0, 0.1) is 0 Å². The molecule has 6 nitrogen and oxygen atoms in total. The molecule has 0 aromatic carbocycles. The van der Waals surface area contributed by atoms with Crippen LogP contribution >= 0.6 is 0 Å². The Morgan fingerprint density at radius 3 is 0.699 bits per heavy atom. The molecule has 0 spiro atoms. The lowest BCUT2D eigenvalue weighted by Crippen LogP contribution is -2.30. The predicted molar refractivity (Wildman–Crippen MR) is 362 cm³/mol. The summed E-state index contributed by atoms with van der Waals surface area (Å²) in [5, 5.41) is 0. The molecule has 0 aliphatic heterocycles. The normalized spacial score (nSPS) is 12.3. The minimum absolute atomic E-state index is 0.0754. The van der Waals surface area contributed by atoms with Crippen molar-refractivity contribution in [3.05, 3.63) is 48.6 Å². The molecule has 0 aliphatic rings. The largest absolute Gasteiger partial charge is 0.462 e. The average molecular weight is 1160 g/mol. The van der Waals surface area contributed by atoms with Gasteiger partial charge in [0.05, 0.1) is 0 Å². The third-order valence-electron chi connectivity index (χ3n) is 16.8. The molecule has 83 heavy (non-hydrogen) atoms. The average Bonchev–Trinajstić information content (AvgIpc) is 3.50. The molecule has 0 rings (SSSR count). The lowest BCUT2D eigenvalue weighted by Gasteiger charge is -2.18. The van der Waals surface area contributed by atoms with Gasteiger partial charge in [-0.3, -0.25) is 14.4 Å². The fraction of sp³-hybridized carbons (Fsp3) is 0.857. The molecule has 0 amide bonds. The van der Waals surface area contributed by atoms with Gasteiger partial charge in [-0.1, -0.05) is 358 Å². The fourth-order valence-electron chi connectivity index (χ4n) is 11.2. The van der Waals surface area contributed by atoms with Crippen LogP contribution in [0.5, 0.6) is 0 Å². The van der Waals surface area contributed by atoms with E-state index in [2.05, 4.69) is 69.4 Å². The summed E-state index contributed by atoms with van der Waals surface area (Å²) >= 11 is 0. The van der Waals surface area contributed by atoms with Crippen molar-refractivity contribution in [2.45, 2.75) is 412 Å². The maximum atomic E-state index is 13.0. The van der Waals surface area contributed by atoms with Gasteiger partial charge in [0.25, 0.3) is 0 Å². The second kappa shape index (κ2) is 71.8. The fourth-order valence-corrected chi connectivity index (χ4v) is 11.2. The van der Waals surface area contributed by atoms with Crippen molar-refractivity contribution in [3.8, 4) is 0 Å². The van der Waals surface area contributed by atoms with Crippen molar-refractivity contribution in [1.82, 2.24) is 0 Å². The molecular weight excluding hydrogens is 1020 g/mol.